The maximum absolute atomic E-state index is 3.65. The minimum absolute atomic E-state index is 0.464. The number of aryl methyl sites for hydroxylation is 2. The maximum Gasteiger partial charge on any atom is 0.0519 e. The van der Waals surface area contributed by atoms with Gasteiger partial charge >= 0.3 is 0 Å². The van der Waals surface area contributed by atoms with Crippen molar-refractivity contribution in [3.63, 3.8) is 0 Å². The normalized spacial score (nSPS) is 18.3. The van der Waals surface area contributed by atoms with Crippen molar-refractivity contribution in [2.45, 2.75) is 25.8 Å². The Morgan fingerprint density at radius 3 is 2.65 bits per heavy atom. The van der Waals surface area contributed by atoms with Crippen molar-refractivity contribution in [3.8, 4) is 0 Å². The Hall–Kier alpha value is -1.76. The molecular formula is C16H17N. The molecule has 0 aliphatic carbocycles. The molecule has 0 bridgehead atoms. The average Bonchev–Trinajstić information content (AvgIpc) is 2.39. The third-order valence-electron chi connectivity index (χ3n) is 3.61. The molecule has 17 heavy (non-hydrogen) atoms. The first-order valence-electron chi connectivity index (χ1n) is 6.24. The van der Waals surface area contributed by atoms with E-state index in [0.717, 1.165) is 0 Å². The smallest absolute Gasteiger partial charge is 0.0519 e. The summed E-state index contributed by atoms with van der Waals surface area (Å²) in [6.45, 7) is 2.19. The van der Waals surface area contributed by atoms with Crippen LogP contribution in [0.15, 0.2) is 48.5 Å². The number of hydrogen-bond donors (Lipinski definition) is 1. The van der Waals surface area contributed by atoms with Crippen molar-refractivity contribution in [1.29, 1.82) is 0 Å². The molecule has 2 aromatic rings. The fraction of sp³-hybridized carbons (Fsp3) is 0.250. The SMILES string of the molecule is Cc1ccccc1C1CCc2ccccc2N1. The Bertz CT molecular complexity index is 531. The van der Waals surface area contributed by atoms with E-state index in [1.165, 1.54) is 35.2 Å². The van der Waals surface area contributed by atoms with Gasteiger partial charge in [-0.1, -0.05) is 42.5 Å². The monoisotopic (exact) mass is 223 g/mol. The molecule has 0 radical (unpaired) electrons. The third-order valence-corrected chi connectivity index (χ3v) is 3.61. The predicted octanol–water partition coefficient (Wildman–Crippen LogP) is 4.09. The Kier molecular flexibility index (Phi) is 2.60. The van der Waals surface area contributed by atoms with Crippen LogP contribution in [0.2, 0.25) is 0 Å². The van der Waals surface area contributed by atoms with E-state index in [1.54, 1.807) is 0 Å². The number of anilines is 1. The minimum Gasteiger partial charge on any atom is -0.378 e. The lowest BCUT2D eigenvalue weighted by Crippen LogP contribution is -2.18. The lowest BCUT2D eigenvalue weighted by atomic mass is 9.91. The molecule has 1 aliphatic heterocycles. The third kappa shape index (κ3) is 1.93. The van der Waals surface area contributed by atoms with E-state index >= 15 is 0 Å². The first-order valence-corrected chi connectivity index (χ1v) is 6.24. The number of nitrogens with one attached hydrogen (secondary N) is 1. The Labute approximate surface area is 102 Å². The summed E-state index contributed by atoms with van der Waals surface area (Å²) in [5, 5.41) is 3.65. The Morgan fingerprint density at radius 2 is 1.76 bits per heavy atom. The van der Waals surface area contributed by atoms with Gasteiger partial charge in [-0.3, -0.25) is 0 Å². The van der Waals surface area contributed by atoms with Gasteiger partial charge in [-0.2, -0.15) is 0 Å². The quantitative estimate of drug-likeness (QED) is 0.767. The lowest BCUT2D eigenvalue weighted by molar-refractivity contribution is 0.664. The van der Waals surface area contributed by atoms with E-state index < -0.39 is 0 Å². The number of para-hydroxylation sites is 1. The highest BCUT2D eigenvalue weighted by molar-refractivity contribution is 5.55. The van der Waals surface area contributed by atoms with Crippen molar-refractivity contribution in [2.75, 3.05) is 5.32 Å². The summed E-state index contributed by atoms with van der Waals surface area (Å²) < 4.78 is 0. The highest BCUT2D eigenvalue weighted by Crippen LogP contribution is 2.33. The number of rotatable bonds is 1. The van der Waals surface area contributed by atoms with Crippen LogP contribution in [0.3, 0.4) is 0 Å². The summed E-state index contributed by atoms with van der Waals surface area (Å²) in [4.78, 5) is 0. The molecule has 1 nitrogen and oxygen atoms in total. The number of fused-ring (bicyclic) bond motifs is 1. The van der Waals surface area contributed by atoms with Crippen molar-refractivity contribution in [1.82, 2.24) is 0 Å². The molecule has 0 fully saturated rings. The predicted molar refractivity (Wildman–Crippen MR) is 72.3 cm³/mol. The van der Waals surface area contributed by atoms with E-state index in [4.69, 9.17) is 0 Å². The van der Waals surface area contributed by atoms with Crippen LogP contribution in [0.1, 0.15) is 29.2 Å². The van der Waals surface area contributed by atoms with Crippen LogP contribution in [-0.2, 0) is 6.42 Å². The average molecular weight is 223 g/mol. The number of hydrogen-bond acceptors (Lipinski definition) is 1. The molecule has 0 amide bonds. The van der Waals surface area contributed by atoms with Gasteiger partial charge in [-0.05, 0) is 42.5 Å². The minimum atomic E-state index is 0.464. The first kappa shape index (κ1) is 10.4. The zero-order valence-corrected chi connectivity index (χ0v) is 10.1. The van der Waals surface area contributed by atoms with Crippen molar-refractivity contribution in [2.24, 2.45) is 0 Å². The van der Waals surface area contributed by atoms with Crippen LogP contribution in [-0.4, -0.2) is 0 Å². The van der Waals surface area contributed by atoms with Gasteiger partial charge in [0.2, 0.25) is 0 Å². The van der Waals surface area contributed by atoms with E-state index in [1.807, 2.05) is 0 Å². The van der Waals surface area contributed by atoms with Crippen LogP contribution in [0.4, 0.5) is 5.69 Å². The molecule has 1 heteroatoms. The molecule has 2 aromatic carbocycles. The van der Waals surface area contributed by atoms with Gasteiger partial charge < -0.3 is 5.32 Å². The molecule has 1 heterocycles. The van der Waals surface area contributed by atoms with E-state index in [2.05, 4.69) is 60.8 Å². The van der Waals surface area contributed by atoms with Gasteiger partial charge in [0.05, 0.1) is 6.04 Å². The largest absolute Gasteiger partial charge is 0.378 e. The fourth-order valence-corrected chi connectivity index (χ4v) is 2.65. The summed E-state index contributed by atoms with van der Waals surface area (Å²) >= 11 is 0. The molecule has 1 unspecified atom stereocenters. The van der Waals surface area contributed by atoms with Crippen LogP contribution in [0, 0.1) is 6.92 Å². The molecule has 0 saturated heterocycles. The molecule has 1 aliphatic rings. The van der Waals surface area contributed by atoms with Gasteiger partial charge in [0.1, 0.15) is 0 Å². The van der Waals surface area contributed by atoms with Gasteiger partial charge in [-0.25, -0.2) is 0 Å². The Morgan fingerprint density at radius 1 is 1.00 bits per heavy atom. The molecule has 1 atom stereocenters. The molecule has 86 valence electrons. The van der Waals surface area contributed by atoms with Crippen molar-refractivity contribution < 1.29 is 0 Å². The fourth-order valence-electron chi connectivity index (χ4n) is 2.65. The zero-order chi connectivity index (χ0) is 11.7. The molecule has 3 rings (SSSR count). The summed E-state index contributed by atoms with van der Waals surface area (Å²) in [6.07, 6.45) is 2.35. The summed E-state index contributed by atoms with van der Waals surface area (Å²) in [6, 6.07) is 17.8. The van der Waals surface area contributed by atoms with E-state index in [-0.39, 0.29) is 0 Å². The Balaban J connectivity index is 1.92. The summed E-state index contributed by atoms with van der Waals surface area (Å²) in [5.74, 6) is 0. The number of benzene rings is 2. The zero-order valence-electron chi connectivity index (χ0n) is 10.1. The highest BCUT2D eigenvalue weighted by atomic mass is 14.9. The van der Waals surface area contributed by atoms with Crippen LogP contribution in [0.5, 0.6) is 0 Å². The molecule has 0 aromatic heterocycles. The van der Waals surface area contributed by atoms with Crippen LogP contribution >= 0.6 is 0 Å². The second-order valence-electron chi connectivity index (χ2n) is 4.75. The van der Waals surface area contributed by atoms with Gasteiger partial charge in [0, 0.05) is 5.69 Å². The van der Waals surface area contributed by atoms with Crippen molar-refractivity contribution >= 4 is 5.69 Å². The van der Waals surface area contributed by atoms with Crippen molar-refractivity contribution in [3.05, 3.63) is 65.2 Å². The second-order valence-corrected chi connectivity index (χ2v) is 4.75. The van der Waals surface area contributed by atoms with Gasteiger partial charge in [-0.15, -0.1) is 0 Å². The summed E-state index contributed by atoms with van der Waals surface area (Å²) in [5.41, 5.74) is 5.55. The maximum atomic E-state index is 3.65. The van der Waals surface area contributed by atoms with Gasteiger partial charge in [0.25, 0.3) is 0 Å². The van der Waals surface area contributed by atoms with Crippen LogP contribution < -0.4 is 5.32 Å². The van der Waals surface area contributed by atoms with Gasteiger partial charge in [0.15, 0.2) is 0 Å². The van der Waals surface area contributed by atoms with E-state index in [0.29, 0.717) is 6.04 Å². The molecule has 0 saturated carbocycles. The summed E-state index contributed by atoms with van der Waals surface area (Å²) in [7, 11) is 0. The first-order chi connectivity index (χ1) is 8.34. The second kappa shape index (κ2) is 4.25. The standard InChI is InChI=1S/C16H17N/c1-12-6-2-4-8-14(12)16-11-10-13-7-3-5-9-15(13)17-16/h2-9,16-17H,10-11H2,1H3. The topological polar surface area (TPSA) is 12.0 Å². The molecule has 1 N–H and O–H groups in total. The highest BCUT2D eigenvalue weighted by Gasteiger charge is 2.19. The molecule has 0 spiro atoms. The molecular weight excluding hydrogens is 206 g/mol. The lowest BCUT2D eigenvalue weighted by Gasteiger charge is -2.28. The van der Waals surface area contributed by atoms with E-state index in [9.17, 15) is 0 Å². The van der Waals surface area contributed by atoms with Crippen LogP contribution in [0.25, 0.3) is 0 Å².